The van der Waals surface area contributed by atoms with Gasteiger partial charge in [0.15, 0.2) is 5.69 Å². The van der Waals surface area contributed by atoms with E-state index in [-0.39, 0.29) is 5.91 Å². The van der Waals surface area contributed by atoms with E-state index in [9.17, 15) is 4.79 Å². The number of anilines is 1. The first-order chi connectivity index (χ1) is 6.29. The Labute approximate surface area is 79.7 Å². The second kappa shape index (κ2) is 3.29. The molecule has 0 spiro atoms. The van der Waals surface area contributed by atoms with E-state index in [2.05, 4.69) is 9.59 Å². The first kappa shape index (κ1) is 8.43. The number of nitrogen functional groups attached to an aromatic ring is 1. The van der Waals surface area contributed by atoms with Gasteiger partial charge in [0.05, 0.1) is 0 Å². The zero-order valence-corrected chi connectivity index (χ0v) is 7.88. The fourth-order valence-corrected chi connectivity index (χ4v) is 1.84. The molecule has 1 aromatic rings. The van der Waals surface area contributed by atoms with Gasteiger partial charge in [0.2, 0.25) is 0 Å². The smallest absolute Gasteiger partial charge is 0.277 e. The van der Waals surface area contributed by atoms with Crippen molar-refractivity contribution in [1.82, 2.24) is 14.5 Å². The monoisotopic (exact) mass is 198 g/mol. The molecule has 5 nitrogen and oxygen atoms in total. The van der Waals surface area contributed by atoms with Crippen LogP contribution in [0.2, 0.25) is 0 Å². The number of carbonyl (C=O) groups is 1. The normalized spacial score (nSPS) is 16.5. The van der Waals surface area contributed by atoms with E-state index in [0.717, 1.165) is 37.5 Å². The van der Waals surface area contributed by atoms with Gasteiger partial charge < -0.3 is 10.6 Å². The topological polar surface area (TPSA) is 72.1 Å². The summed E-state index contributed by atoms with van der Waals surface area (Å²) in [5.74, 6) is -0.0799. The number of nitrogens with two attached hydrogens (primary N) is 1. The maximum Gasteiger partial charge on any atom is 0.277 e. The van der Waals surface area contributed by atoms with Crippen LogP contribution in [0.15, 0.2) is 0 Å². The van der Waals surface area contributed by atoms with E-state index in [1.54, 1.807) is 4.90 Å². The molecule has 1 aromatic heterocycles. The summed E-state index contributed by atoms with van der Waals surface area (Å²) in [5, 5.41) is 4.13. The number of hydrogen-bond acceptors (Lipinski definition) is 5. The van der Waals surface area contributed by atoms with E-state index in [1.807, 2.05) is 0 Å². The number of carbonyl (C=O) groups excluding carboxylic acids is 1. The molecule has 0 saturated carbocycles. The molecule has 0 aromatic carbocycles. The van der Waals surface area contributed by atoms with Crippen molar-refractivity contribution in [3.8, 4) is 0 Å². The van der Waals surface area contributed by atoms with Crippen LogP contribution in [0, 0.1) is 0 Å². The molecule has 1 aliphatic heterocycles. The maximum atomic E-state index is 11.7. The highest BCUT2D eigenvalue weighted by atomic mass is 32.1. The lowest BCUT2D eigenvalue weighted by atomic mass is 10.4. The molecule has 13 heavy (non-hydrogen) atoms. The third kappa shape index (κ3) is 1.49. The molecule has 0 atom stereocenters. The van der Waals surface area contributed by atoms with Gasteiger partial charge in [-0.25, -0.2) is 0 Å². The minimum absolute atomic E-state index is 0.0799. The van der Waals surface area contributed by atoms with Crippen molar-refractivity contribution < 1.29 is 4.79 Å². The van der Waals surface area contributed by atoms with Gasteiger partial charge in [-0.2, -0.15) is 0 Å². The summed E-state index contributed by atoms with van der Waals surface area (Å²) in [5.41, 5.74) is 5.87. The van der Waals surface area contributed by atoms with Gasteiger partial charge in [-0.05, 0) is 12.8 Å². The third-order valence-electron chi connectivity index (χ3n) is 2.11. The number of rotatable bonds is 1. The predicted molar refractivity (Wildman–Crippen MR) is 49.5 cm³/mol. The van der Waals surface area contributed by atoms with Crippen molar-refractivity contribution >= 4 is 22.4 Å². The van der Waals surface area contributed by atoms with Gasteiger partial charge in [-0.3, -0.25) is 4.79 Å². The van der Waals surface area contributed by atoms with E-state index >= 15 is 0 Å². The second-order valence-corrected chi connectivity index (χ2v) is 3.77. The molecule has 1 saturated heterocycles. The van der Waals surface area contributed by atoms with Crippen LogP contribution in [0.3, 0.4) is 0 Å². The highest BCUT2D eigenvalue weighted by Gasteiger charge is 2.23. The number of amides is 1. The Morgan fingerprint density at radius 1 is 1.46 bits per heavy atom. The number of nitrogens with zero attached hydrogens (tertiary/aromatic N) is 3. The standard InChI is InChI=1S/C7H10N4OS/c8-6-5(9-10-13-6)7(12)11-3-1-2-4-11/h1-4,8H2. The van der Waals surface area contributed by atoms with Crippen molar-refractivity contribution in [3.05, 3.63) is 5.69 Å². The quantitative estimate of drug-likeness (QED) is 0.707. The summed E-state index contributed by atoms with van der Waals surface area (Å²) in [6, 6.07) is 0. The average Bonchev–Trinajstić information content (AvgIpc) is 2.72. The van der Waals surface area contributed by atoms with Gasteiger partial charge in [0, 0.05) is 24.6 Å². The van der Waals surface area contributed by atoms with Gasteiger partial charge in [-0.15, -0.1) is 5.10 Å². The second-order valence-electron chi connectivity index (χ2n) is 2.99. The Kier molecular flexibility index (Phi) is 2.13. The number of hydrogen-bond donors (Lipinski definition) is 1. The molecule has 2 N–H and O–H groups in total. The van der Waals surface area contributed by atoms with Crippen LogP contribution in [0.5, 0.6) is 0 Å². The lowest BCUT2D eigenvalue weighted by molar-refractivity contribution is 0.0788. The van der Waals surface area contributed by atoms with E-state index in [4.69, 9.17) is 5.73 Å². The highest BCUT2D eigenvalue weighted by molar-refractivity contribution is 7.10. The molecule has 1 aliphatic rings. The van der Waals surface area contributed by atoms with Crippen LogP contribution in [0.1, 0.15) is 23.3 Å². The van der Waals surface area contributed by atoms with Crippen molar-refractivity contribution in [2.24, 2.45) is 0 Å². The zero-order valence-electron chi connectivity index (χ0n) is 7.06. The minimum Gasteiger partial charge on any atom is -0.387 e. The van der Waals surface area contributed by atoms with Gasteiger partial charge in [0.1, 0.15) is 5.00 Å². The summed E-state index contributed by atoms with van der Waals surface area (Å²) in [4.78, 5) is 13.4. The largest absolute Gasteiger partial charge is 0.387 e. The fraction of sp³-hybridized carbons (Fsp3) is 0.571. The SMILES string of the molecule is Nc1snnc1C(=O)N1CCCC1. The molecule has 0 bridgehead atoms. The molecule has 0 aliphatic carbocycles. The van der Waals surface area contributed by atoms with Crippen molar-refractivity contribution in [3.63, 3.8) is 0 Å². The van der Waals surface area contributed by atoms with Crippen molar-refractivity contribution in [2.45, 2.75) is 12.8 Å². The maximum absolute atomic E-state index is 11.7. The number of likely N-dealkylation sites (tertiary alicyclic amines) is 1. The van der Waals surface area contributed by atoms with Crippen LogP contribution in [-0.2, 0) is 0 Å². The van der Waals surface area contributed by atoms with E-state index < -0.39 is 0 Å². The molecule has 0 radical (unpaired) electrons. The molecule has 70 valence electrons. The molecule has 6 heteroatoms. The van der Waals surface area contributed by atoms with Crippen LogP contribution < -0.4 is 5.73 Å². The average molecular weight is 198 g/mol. The molecule has 2 rings (SSSR count). The Morgan fingerprint density at radius 3 is 2.69 bits per heavy atom. The summed E-state index contributed by atoms with van der Waals surface area (Å²) >= 11 is 1.06. The molecule has 0 unspecified atom stereocenters. The summed E-state index contributed by atoms with van der Waals surface area (Å²) in [6.45, 7) is 1.63. The van der Waals surface area contributed by atoms with Gasteiger partial charge >= 0.3 is 0 Å². The summed E-state index contributed by atoms with van der Waals surface area (Å²) in [6.07, 6.45) is 2.15. The summed E-state index contributed by atoms with van der Waals surface area (Å²) in [7, 11) is 0. The molecular formula is C7H10N4OS. The van der Waals surface area contributed by atoms with Gasteiger partial charge in [0.25, 0.3) is 5.91 Å². The Balaban J connectivity index is 2.17. The zero-order chi connectivity index (χ0) is 9.26. The Bertz CT molecular complexity index is 318. The molecule has 1 amide bonds. The first-order valence-electron chi connectivity index (χ1n) is 4.16. The van der Waals surface area contributed by atoms with Crippen LogP contribution in [0.25, 0.3) is 0 Å². The Morgan fingerprint density at radius 2 is 2.15 bits per heavy atom. The fourth-order valence-electron chi connectivity index (χ4n) is 1.42. The number of aromatic nitrogens is 2. The molecule has 2 heterocycles. The molecular weight excluding hydrogens is 188 g/mol. The van der Waals surface area contributed by atoms with Crippen molar-refractivity contribution in [2.75, 3.05) is 18.8 Å². The summed E-state index contributed by atoms with van der Waals surface area (Å²) < 4.78 is 3.63. The van der Waals surface area contributed by atoms with E-state index in [1.165, 1.54) is 0 Å². The Hall–Kier alpha value is -1.17. The van der Waals surface area contributed by atoms with Crippen LogP contribution in [0.4, 0.5) is 5.00 Å². The lowest BCUT2D eigenvalue weighted by Crippen LogP contribution is -2.28. The van der Waals surface area contributed by atoms with Crippen molar-refractivity contribution in [1.29, 1.82) is 0 Å². The van der Waals surface area contributed by atoms with Crippen LogP contribution in [-0.4, -0.2) is 33.5 Å². The molecule has 1 fully saturated rings. The van der Waals surface area contributed by atoms with E-state index in [0.29, 0.717) is 10.7 Å². The minimum atomic E-state index is -0.0799. The van der Waals surface area contributed by atoms with Crippen LogP contribution >= 0.6 is 11.5 Å². The highest BCUT2D eigenvalue weighted by Crippen LogP contribution is 2.17. The predicted octanol–water partition coefficient (Wildman–Crippen LogP) is 0.356. The van der Waals surface area contributed by atoms with Gasteiger partial charge in [-0.1, -0.05) is 4.49 Å². The third-order valence-corrected chi connectivity index (χ3v) is 2.66. The first-order valence-corrected chi connectivity index (χ1v) is 4.93. The lowest BCUT2D eigenvalue weighted by Gasteiger charge is -2.12.